The van der Waals surface area contributed by atoms with E-state index in [9.17, 15) is 4.79 Å². The molecule has 1 amide bonds. The van der Waals surface area contributed by atoms with E-state index in [1.54, 1.807) is 0 Å². The standard InChI is InChI=1S/C13H28N4O2/c1-16(2)7-5-14-4-3-13(18)15-6-8-17-9-11-19-12-10-17/h14H,3-12H2,1-2H3,(H,15,18). The molecule has 0 aliphatic carbocycles. The van der Waals surface area contributed by atoms with E-state index in [4.69, 9.17) is 4.74 Å². The lowest BCUT2D eigenvalue weighted by atomic mass is 10.3. The Labute approximate surface area is 116 Å². The molecule has 1 heterocycles. The fraction of sp³-hybridized carbons (Fsp3) is 0.923. The van der Waals surface area contributed by atoms with Gasteiger partial charge in [0.1, 0.15) is 0 Å². The second-order valence-corrected chi connectivity index (χ2v) is 5.11. The number of rotatable bonds is 9. The lowest BCUT2D eigenvalue weighted by Gasteiger charge is -2.26. The average Bonchev–Trinajstić information content (AvgIpc) is 2.39. The minimum absolute atomic E-state index is 0.130. The maximum Gasteiger partial charge on any atom is 0.221 e. The third-order valence-corrected chi connectivity index (χ3v) is 3.12. The van der Waals surface area contributed by atoms with Gasteiger partial charge in [-0.15, -0.1) is 0 Å². The lowest BCUT2D eigenvalue weighted by Crippen LogP contribution is -2.41. The molecule has 112 valence electrons. The minimum atomic E-state index is 0.130. The number of ether oxygens (including phenoxy) is 1. The molecular formula is C13H28N4O2. The number of likely N-dealkylation sites (N-methyl/N-ethyl adjacent to an activating group) is 1. The molecule has 0 aromatic heterocycles. The maximum atomic E-state index is 11.6. The summed E-state index contributed by atoms with van der Waals surface area (Å²) in [5.74, 6) is 0.130. The van der Waals surface area contributed by atoms with Crippen molar-refractivity contribution in [1.82, 2.24) is 20.4 Å². The highest BCUT2D eigenvalue weighted by atomic mass is 16.5. The molecule has 0 spiro atoms. The van der Waals surface area contributed by atoms with Gasteiger partial charge in [-0.3, -0.25) is 9.69 Å². The highest BCUT2D eigenvalue weighted by molar-refractivity contribution is 5.76. The van der Waals surface area contributed by atoms with Crippen LogP contribution in [0.15, 0.2) is 0 Å². The molecule has 0 atom stereocenters. The van der Waals surface area contributed by atoms with Crippen molar-refractivity contribution in [3.63, 3.8) is 0 Å². The number of carbonyl (C=O) groups excluding carboxylic acids is 1. The van der Waals surface area contributed by atoms with E-state index in [1.165, 1.54) is 0 Å². The van der Waals surface area contributed by atoms with E-state index < -0.39 is 0 Å². The van der Waals surface area contributed by atoms with Crippen molar-refractivity contribution in [3.8, 4) is 0 Å². The van der Waals surface area contributed by atoms with Crippen molar-refractivity contribution in [3.05, 3.63) is 0 Å². The Hall–Kier alpha value is -0.690. The fourth-order valence-electron chi connectivity index (χ4n) is 1.90. The minimum Gasteiger partial charge on any atom is -0.379 e. The molecule has 1 saturated heterocycles. The third kappa shape index (κ3) is 8.93. The monoisotopic (exact) mass is 272 g/mol. The van der Waals surface area contributed by atoms with Crippen LogP contribution in [0.5, 0.6) is 0 Å². The SMILES string of the molecule is CN(C)CCNCCC(=O)NCCN1CCOCC1. The number of nitrogens with one attached hydrogen (secondary N) is 2. The highest BCUT2D eigenvalue weighted by Gasteiger charge is 2.09. The van der Waals surface area contributed by atoms with Crippen molar-refractivity contribution < 1.29 is 9.53 Å². The van der Waals surface area contributed by atoms with E-state index in [-0.39, 0.29) is 5.91 Å². The van der Waals surface area contributed by atoms with Crippen LogP contribution in [0.4, 0.5) is 0 Å². The summed E-state index contributed by atoms with van der Waals surface area (Å²) in [6, 6.07) is 0. The molecule has 6 heteroatoms. The average molecular weight is 272 g/mol. The smallest absolute Gasteiger partial charge is 0.221 e. The first kappa shape index (κ1) is 16.4. The first-order valence-electron chi connectivity index (χ1n) is 7.11. The summed E-state index contributed by atoms with van der Waals surface area (Å²) in [6.07, 6.45) is 0.552. The third-order valence-electron chi connectivity index (χ3n) is 3.12. The van der Waals surface area contributed by atoms with Gasteiger partial charge in [0.05, 0.1) is 13.2 Å². The molecule has 1 rings (SSSR count). The molecule has 2 N–H and O–H groups in total. The van der Waals surface area contributed by atoms with Crippen LogP contribution in [0.2, 0.25) is 0 Å². The van der Waals surface area contributed by atoms with Crippen molar-refractivity contribution in [1.29, 1.82) is 0 Å². The molecule has 1 aliphatic rings. The summed E-state index contributed by atoms with van der Waals surface area (Å²) in [7, 11) is 4.08. The normalized spacial score (nSPS) is 16.8. The van der Waals surface area contributed by atoms with Gasteiger partial charge >= 0.3 is 0 Å². The fourth-order valence-corrected chi connectivity index (χ4v) is 1.90. The van der Waals surface area contributed by atoms with Crippen LogP contribution in [0.1, 0.15) is 6.42 Å². The van der Waals surface area contributed by atoms with Gasteiger partial charge < -0.3 is 20.3 Å². The molecule has 0 unspecified atom stereocenters. The van der Waals surface area contributed by atoms with Gasteiger partial charge in [-0.2, -0.15) is 0 Å². The second kappa shape index (κ2) is 10.1. The van der Waals surface area contributed by atoms with Crippen molar-refractivity contribution in [2.75, 3.05) is 73.1 Å². The van der Waals surface area contributed by atoms with E-state index >= 15 is 0 Å². The maximum absolute atomic E-state index is 11.6. The second-order valence-electron chi connectivity index (χ2n) is 5.11. The Morgan fingerprint density at radius 3 is 2.63 bits per heavy atom. The number of hydrogen-bond donors (Lipinski definition) is 2. The van der Waals surface area contributed by atoms with Crippen molar-refractivity contribution in [2.45, 2.75) is 6.42 Å². The van der Waals surface area contributed by atoms with Crippen molar-refractivity contribution >= 4 is 5.91 Å². The number of nitrogens with zero attached hydrogens (tertiary/aromatic N) is 2. The molecule has 0 aromatic rings. The number of carbonyl (C=O) groups is 1. The molecule has 6 nitrogen and oxygen atoms in total. The van der Waals surface area contributed by atoms with E-state index in [0.29, 0.717) is 6.42 Å². The molecule has 0 saturated carbocycles. The highest BCUT2D eigenvalue weighted by Crippen LogP contribution is 1.94. The van der Waals surface area contributed by atoms with Gasteiger partial charge in [-0.25, -0.2) is 0 Å². The summed E-state index contributed by atoms with van der Waals surface area (Å²) in [6.45, 7) is 7.89. The predicted molar refractivity (Wildman–Crippen MR) is 76.3 cm³/mol. The largest absolute Gasteiger partial charge is 0.379 e. The number of amides is 1. The number of hydrogen-bond acceptors (Lipinski definition) is 5. The predicted octanol–water partition coefficient (Wildman–Crippen LogP) is -1.02. The summed E-state index contributed by atoms with van der Waals surface area (Å²) in [5, 5.41) is 6.22. The topological polar surface area (TPSA) is 56.8 Å². The Balaban J connectivity index is 1.90. The Bertz CT molecular complexity index is 243. The van der Waals surface area contributed by atoms with E-state index in [1.807, 2.05) is 14.1 Å². The van der Waals surface area contributed by atoms with Crippen LogP contribution in [0, 0.1) is 0 Å². The van der Waals surface area contributed by atoms with Gasteiger partial charge in [0.2, 0.25) is 5.91 Å². The van der Waals surface area contributed by atoms with Gasteiger partial charge in [0, 0.05) is 52.2 Å². The number of morpholine rings is 1. The van der Waals surface area contributed by atoms with Crippen LogP contribution in [0.3, 0.4) is 0 Å². The summed E-state index contributed by atoms with van der Waals surface area (Å²) in [4.78, 5) is 16.0. The van der Waals surface area contributed by atoms with Crippen LogP contribution < -0.4 is 10.6 Å². The molecule has 19 heavy (non-hydrogen) atoms. The van der Waals surface area contributed by atoms with Crippen LogP contribution in [0.25, 0.3) is 0 Å². The zero-order valence-electron chi connectivity index (χ0n) is 12.3. The van der Waals surface area contributed by atoms with Crippen molar-refractivity contribution in [2.24, 2.45) is 0 Å². The van der Waals surface area contributed by atoms with Crippen LogP contribution >= 0.6 is 0 Å². The lowest BCUT2D eigenvalue weighted by molar-refractivity contribution is -0.121. The first-order chi connectivity index (χ1) is 9.18. The molecule has 0 radical (unpaired) electrons. The molecule has 1 aliphatic heterocycles. The Morgan fingerprint density at radius 2 is 1.95 bits per heavy atom. The van der Waals surface area contributed by atoms with Crippen LogP contribution in [-0.4, -0.2) is 88.8 Å². The van der Waals surface area contributed by atoms with Crippen LogP contribution in [-0.2, 0) is 9.53 Å². The molecular weight excluding hydrogens is 244 g/mol. The molecule has 1 fully saturated rings. The molecule has 0 bridgehead atoms. The van der Waals surface area contributed by atoms with E-state index in [0.717, 1.165) is 59.0 Å². The summed E-state index contributed by atoms with van der Waals surface area (Å²) < 4.78 is 5.28. The summed E-state index contributed by atoms with van der Waals surface area (Å²) in [5.41, 5.74) is 0. The zero-order chi connectivity index (χ0) is 13.9. The van der Waals surface area contributed by atoms with Gasteiger partial charge in [-0.05, 0) is 14.1 Å². The zero-order valence-corrected chi connectivity index (χ0v) is 12.3. The first-order valence-corrected chi connectivity index (χ1v) is 7.11. The molecule has 0 aromatic carbocycles. The Morgan fingerprint density at radius 1 is 1.21 bits per heavy atom. The summed E-state index contributed by atoms with van der Waals surface area (Å²) >= 11 is 0. The van der Waals surface area contributed by atoms with Gasteiger partial charge in [-0.1, -0.05) is 0 Å². The van der Waals surface area contributed by atoms with Gasteiger partial charge in [0.25, 0.3) is 0 Å². The van der Waals surface area contributed by atoms with E-state index in [2.05, 4.69) is 20.4 Å². The van der Waals surface area contributed by atoms with Gasteiger partial charge in [0.15, 0.2) is 0 Å². The quantitative estimate of drug-likeness (QED) is 0.526. The Kier molecular flexibility index (Phi) is 8.73.